The molecule has 0 saturated carbocycles. The third-order valence-electron chi connectivity index (χ3n) is 2.04. The molecular weight excluding hydrogens is 220 g/mol. The van der Waals surface area contributed by atoms with Crippen molar-refractivity contribution in [2.45, 2.75) is 12.2 Å². The highest BCUT2D eigenvalue weighted by atomic mass is 32.2. The first-order valence-corrected chi connectivity index (χ1v) is 7.45. The fourth-order valence-electron chi connectivity index (χ4n) is 1.05. The molecule has 0 radical (unpaired) electrons. The van der Waals surface area contributed by atoms with Crippen LogP contribution >= 0.6 is 11.8 Å². The van der Waals surface area contributed by atoms with Crippen LogP contribution in [0.4, 0.5) is 0 Å². The minimum atomic E-state index is -3.12. The molecule has 0 aliphatic rings. The summed E-state index contributed by atoms with van der Waals surface area (Å²) in [6.45, 7) is 2.80. The molecule has 0 heterocycles. The highest BCUT2D eigenvalue weighted by Gasteiger charge is 2.24. The van der Waals surface area contributed by atoms with Gasteiger partial charge in [0.05, 0.1) is 5.25 Å². The SMILES string of the molecule is CNCC(C)S(=O)(=O)N(C)CCSC. The number of nitrogens with one attached hydrogen (secondary N) is 1. The van der Waals surface area contributed by atoms with Gasteiger partial charge < -0.3 is 5.32 Å². The van der Waals surface area contributed by atoms with Gasteiger partial charge >= 0.3 is 0 Å². The van der Waals surface area contributed by atoms with E-state index in [1.807, 2.05) is 6.26 Å². The van der Waals surface area contributed by atoms with Crippen LogP contribution < -0.4 is 5.32 Å². The van der Waals surface area contributed by atoms with Crippen LogP contribution in [0.1, 0.15) is 6.92 Å². The van der Waals surface area contributed by atoms with Crippen molar-refractivity contribution in [3.8, 4) is 0 Å². The van der Waals surface area contributed by atoms with Crippen molar-refractivity contribution >= 4 is 21.8 Å². The van der Waals surface area contributed by atoms with Crippen molar-refractivity contribution in [1.29, 1.82) is 0 Å². The molecule has 0 aromatic rings. The highest BCUT2D eigenvalue weighted by molar-refractivity contribution is 7.98. The van der Waals surface area contributed by atoms with Crippen LogP contribution in [-0.4, -0.2) is 57.2 Å². The molecule has 0 spiro atoms. The third kappa shape index (κ3) is 4.16. The van der Waals surface area contributed by atoms with E-state index in [0.717, 1.165) is 5.75 Å². The number of nitrogens with zero attached hydrogens (tertiary/aromatic N) is 1. The van der Waals surface area contributed by atoms with E-state index in [4.69, 9.17) is 0 Å². The largest absolute Gasteiger partial charge is 0.318 e. The molecule has 1 unspecified atom stereocenters. The van der Waals surface area contributed by atoms with Gasteiger partial charge in [0.1, 0.15) is 0 Å². The van der Waals surface area contributed by atoms with Crippen molar-refractivity contribution in [3.05, 3.63) is 0 Å². The fourth-order valence-corrected chi connectivity index (χ4v) is 2.96. The lowest BCUT2D eigenvalue weighted by Crippen LogP contribution is -2.40. The summed E-state index contributed by atoms with van der Waals surface area (Å²) in [5.74, 6) is 0.835. The van der Waals surface area contributed by atoms with Gasteiger partial charge in [0.2, 0.25) is 10.0 Å². The van der Waals surface area contributed by atoms with Crippen molar-refractivity contribution in [3.63, 3.8) is 0 Å². The van der Waals surface area contributed by atoms with E-state index >= 15 is 0 Å². The molecule has 0 rings (SSSR count). The summed E-state index contributed by atoms with van der Waals surface area (Å²) >= 11 is 1.65. The zero-order chi connectivity index (χ0) is 11.2. The third-order valence-corrected chi connectivity index (χ3v) is 4.87. The minimum Gasteiger partial charge on any atom is -0.318 e. The van der Waals surface area contributed by atoms with Gasteiger partial charge in [-0.05, 0) is 20.2 Å². The van der Waals surface area contributed by atoms with E-state index in [1.165, 1.54) is 4.31 Å². The highest BCUT2D eigenvalue weighted by Crippen LogP contribution is 2.07. The van der Waals surface area contributed by atoms with Crippen LogP contribution in [0, 0.1) is 0 Å². The quantitative estimate of drug-likeness (QED) is 0.691. The number of hydrogen-bond donors (Lipinski definition) is 1. The Kier molecular flexibility index (Phi) is 6.76. The smallest absolute Gasteiger partial charge is 0.217 e. The Morgan fingerprint density at radius 3 is 2.50 bits per heavy atom. The van der Waals surface area contributed by atoms with Crippen LogP contribution in [0.5, 0.6) is 0 Å². The fraction of sp³-hybridized carbons (Fsp3) is 1.00. The maximum absolute atomic E-state index is 11.8. The van der Waals surface area contributed by atoms with Gasteiger partial charge in [-0.1, -0.05) is 0 Å². The molecule has 1 N–H and O–H groups in total. The lowest BCUT2D eigenvalue weighted by molar-refractivity contribution is 0.475. The molecule has 6 heteroatoms. The molecule has 4 nitrogen and oxygen atoms in total. The molecule has 0 aromatic heterocycles. The summed E-state index contributed by atoms with van der Waals surface area (Å²) in [5, 5.41) is 2.51. The average molecular weight is 240 g/mol. The van der Waals surface area contributed by atoms with E-state index in [0.29, 0.717) is 13.1 Å². The number of sulfonamides is 1. The van der Waals surface area contributed by atoms with Gasteiger partial charge in [0.15, 0.2) is 0 Å². The molecule has 0 saturated heterocycles. The van der Waals surface area contributed by atoms with E-state index in [-0.39, 0.29) is 5.25 Å². The normalized spacial score (nSPS) is 14.6. The van der Waals surface area contributed by atoms with Crippen LogP contribution in [0.3, 0.4) is 0 Å². The molecule has 14 heavy (non-hydrogen) atoms. The predicted octanol–water partition coefficient (Wildman–Crippen LogP) is 0.219. The molecule has 0 bridgehead atoms. The minimum absolute atomic E-state index is 0.362. The van der Waals surface area contributed by atoms with Gasteiger partial charge in [0, 0.05) is 25.9 Å². The molecule has 1 atom stereocenters. The second-order valence-corrected chi connectivity index (χ2v) is 6.67. The van der Waals surface area contributed by atoms with E-state index in [9.17, 15) is 8.42 Å². The van der Waals surface area contributed by atoms with E-state index in [1.54, 1.807) is 32.8 Å². The first kappa shape index (κ1) is 14.2. The molecule has 86 valence electrons. The lowest BCUT2D eigenvalue weighted by atomic mass is 10.5. The molecule has 0 aliphatic carbocycles. The Bertz CT molecular complexity index is 242. The monoisotopic (exact) mass is 240 g/mol. The van der Waals surface area contributed by atoms with Crippen LogP contribution in [0.15, 0.2) is 0 Å². The Labute approximate surface area is 91.5 Å². The van der Waals surface area contributed by atoms with Gasteiger partial charge in [-0.15, -0.1) is 0 Å². The Hall–Kier alpha value is 0.220. The zero-order valence-electron chi connectivity index (χ0n) is 9.28. The maximum Gasteiger partial charge on any atom is 0.217 e. The summed E-state index contributed by atoms with van der Waals surface area (Å²) in [7, 11) is 0.279. The number of thioether (sulfide) groups is 1. The predicted molar refractivity (Wildman–Crippen MR) is 63.3 cm³/mol. The first-order chi connectivity index (χ1) is 6.46. The summed E-state index contributed by atoms with van der Waals surface area (Å²) in [4.78, 5) is 0. The zero-order valence-corrected chi connectivity index (χ0v) is 10.9. The molecular formula is C8H20N2O2S2. The molecule has 0 amide bonds. The molecule has 0 fully saturated rings. The topological polar surface area (TPSA) is 49.4 Å². The second kappa shape index (κ2) is 6.66. The van der Waals surface area contributed by atoms with E-state index in [2.05, 4.69) is 5.32 Å². The first-order valence-electron chi connectivity index (χ1n) is 4.55. The van der Waals surface area contributed by atoms with Crippen molar-refractivity contribution in [2.75, 3.05) is 39.2 Å². The number of rotatable bonds is 7. The Morgan fingerprint density at radius 2 is 2.07 bits per heavy atom. The van der Waals surface area contributed by atoms with Crippen LogP contribution in [0.2, 0.25) is 0 Å². The van der Waals surface area contributed by atoms with Gasteiger partial charge in [-0.2, -0.15) is 11.8 Å². The summed E-state index contributed by atoms with van der Waals surface area (Å²) in [6.07, 6.45) is 1.97. The summed E-state index contributed by atoms with van der Waals surface area (Å²) < 4.78 is 25.0. The van der Waals surface area contributed by atoms with E-state index < -0.39 is 10.0 Å². The van der Waals surface area contributed by atoms with Crippen molar-refractivity contribution in [2.24, 2.45) is 0 Å². The van der Waals surface area contributed by atoms with Gasteiger partial charge in [-0.25, -0.2) is 12.7 Å². The van der Waals surface area contributed by atoms with Gasteiger partial charge in [-0.3, -0.25) is 0 Å². The van der Waals surface area contributed by atoms with Crippen LogP contribution in [-0.2, 0) is 10.0 Å². The van der Waals surface area contributed by atoms with Crippen LogP contribution in [0.25, 0.3) is 0 Å². The average Bonchev–Trinajstić information content (AvgIpc) is 2.14. The molecule has 0 aliphatic heterocycles. The lowest BCUT2D eigenvalue weighted by Gasteiger charge is -2.21. The summed E-state index contributed by atoms with van der Waals surface area (Å²) in [6, 6.07) is 0. The van der Waals surface area contributed by atoms with Gasteiger partial charge in [0.25, 0.3) is 0 Å². The maximum atomic E-state index is 11.8. The summed E-state index contributed by atoms with van der Waals surface area (Å²) in [5.41, 5.74) is 0. The van der Waals surface area contributed by atoms with Crippen molar-refractivity contribution in [1.82, 2.24) is 9.62 Å². The standard InChI is InChI=1S/C8H20N2O2S2/c1-8(7-9-2)14(11,12)10(3)5-6-13-4/h8-9H,5-7H2,1-4H3. The Balaban J connectivity index is 4.29. The number of hydrogen-bond acceptors (Lipinski definition) is 4. The molecule has 0 aromatic carbocycles. The Morgan fingerprint density at radius 1 is 1.50 bits per heavy atom. The van der Waals surface area contributed by atoms with Crippen molar-refractivity contribution < 1.29 is 8.42 Å². The second-order valence-electron chi connectivity index (χ2n) is 3.23.